The van der Waals surface area contributed by atoms with Gasteiger partial charge < -0.3 is 24.1 Å². The second kappa shape index (κ2) is 9.43. The Hall–Kier alpha value is -3.44. The summed E-state index contributed by atoms with van der Waals surface area (Å²) in [5.74, 6) is 0.268. The number of likely N-dealkylation sites (tertiary alicyclic amines) is 1. The molecule has 1 fully saturated rings. The van der Waals surface area contributed by atoms with Crippen molar-refractivity contribution in [1.82, 2.24) is 30.2 Å². The van der Waals surface area contributed by atoms with Gasteiger partial charge in [0.15, 0.2) is 12.1 Å². The summed E-state index contributed by atoms with van der Waals surface area (Å²) >= 11 is 6.26. The van der Waals surface area contributed by atoms with Crippen molar-refractivity contribution < 1.29 is 23.5 Å². The molecule has 2 amide bonds. The third kappa shape index (κ3) is 4.62. The number of aryl methyl sites for hydroxylation is 2. The van der Waals surface area contributed by atoms with Crippen molar-refractivity contribution in [2.24, 2.45) is 0 Å². The summed E-state index contributed by atoms with van der Waals surface area (Å²) in [6.45, 7) is 3.42. The number of oxazole rings is 1. The summed E-state index contributed by atoms with van der Waals surface area (Å²) in [7, 11) is 0. The summed E-state index contributed by atoms with van der Waals surface area (Å²) in [4.78, 5) is 31.7. The maximum atomic E-state index is 13.1. The normalized spacial score (nSPS) is 21.0. The van der Waals surface area contributed by atoms with Crippen LogP contribution in [0, 0.1) is 6.92 Å². The molecule has 11 nitrogen and oxygen atoms in total. The zero-order valence-electron chi connectivity index (χ0n) is 18.4. The summed E-state index contributed by atoms with van der Waals surface area (Å²) in [6.07, 6.45) is 3.27. The van der Waals surface area contributed by atoms with Gasteiger partial charge >= 0.3 is 0 Å². The van der Waals surface area contributed by atoms with Crippen molar-refractivity contribution >= 4 is 23.4 Å². The Kier molecular flexibility index (Phi) is 6.20. The monoisotopic (exact) mass is 486 g/mol. The van der Waals surface area contributed by atoms with E-state index in [0.717, 1.165) is 0 Å². The molecule has 0 saturated carbocycles. The standard InChI is InChI=1S/C22H23ClN6O5/c1-13-20(24-12-34-13)22(31)28-9-17-19(10-28)33-11-15-8-29(27-26-15)5-2-6-32-18-7-14(21(30)25-17)3-4-16(18)23/h3-4,7-8,12,17,19H,2,5-6,9-11H2,1H3,(H,25,30)/t17-,19-/m0/s1. The number of benzene rings is 1. The Morgan fingerprint density at radius 3 is 3.00 bits per heavy atom. The SMILES string of the molecule is Cc1ocnc1C(=O)N1C[C@@H]2NC(=O)c3ccc(Cl)c(c3)OCCCn3cc(nn3)CO[C@H]2C1. The minimum atomic E-state index is -0.457. The zero-order valence-corrected chi connectivity index (χ0v) is 19.2. The average molecular weight is 487 g/mol. The van der Waals surface area contributed by atoms with E-state index in [1.54, 1.807) is 34.7 Å². The molecule has 4 heterocycles. The van der Waals surface area contributed by atoms with E-state index in [9.17, 15) is 9.59 Å². The van der Waals surface area contributed by atoms with Crippen molar-refractivity contribution in [2.45, 2.75) is 38.6 Å². The molecule has 4 bridgehead atoms. The fraction of sp³-hybridized carbons (Fsp3) is 0.409. The molecule has 1 N–H and O–H groups in total. The number of fused-ring (bicyclic) bond motifs is 5. The molecule has 0 spiro atoms. The quantitative estimate of drug-likeness (QED) is 0.552. The number of nitrogens with zero attached hydrogens (tertiary/aromatic N) is 5. The first kappa shape index (κ1) is 22.4. The highest BCUT2D eigenvalue weighted by Crippen LogP contribution is 2.26. The summed E-state index contributed by atoms with van der Waals surface area (Å²) < 4.78 is 18.8. The van der Waals surface area contributed by atoms with Crippen LogP contribution < -0.4 is 10.1 Å². The van der Waals surface area contributed by atoms with Crippen LogP contribution in [0.4, 0.5) is 0 Å². The minimum Gasteiger partial charge on any atom is -0.492 e. The van der Waals surface area contributed by atoms with E-state index >= 15 is 0 Å². The van der Waals surface area contributed by atoms with Crippen LogP contribution in [0.1, 0.15) is 38.7 Å². The van der Waals surface area contributed by atoms with Crippen LogP contribution in [-0.4, -0.2) is 68.5 Å². The van der Waals surface area contributed by atoms with E-state index in [-0.39, 0.29) is 37.2 Å². The van der Waals surface area contributed by atoms with Crippen molar-refractivity contribution in [3.8, 4) is 5.75 Å². The van der Waals surface area contributed by atoms with Gasteiger partial charge in [-0.1, -0.05) is 16.8 Å². The maximum Gasteiger partial charge on any atom is 0.276 e. The van der Waals surface area contributed by atoms with Gasteiger partial charge in [0.05, 0.1) is 36.6 Å². The lowest BCUT2D eigenvalue weighted by Crippen LogP contribution is -2.44. The average Bonchev–Trinajstić information content (AvgIpc) is 3.55. The van der Waals surface area contributed by atoms with Crippen molar-refractivity contribution in [3.05, 3.63) is 58.5 Å². The summed E-state index contributed by atoms with van der Waals surface area (Å²) in [5.41, 5.74) is 1.30. The lowest BCUT2D eigenvalue weighted by Gasteiger charge is -2.20. The molecule has 0 unspecified atom stereocenters. The molecule has 5 rings (SSSR count). The third-order valence-corrected chi connectivity index (χ3v) is 6.14. The smallest absolute Gasteiger partial charge is 0.276 e. The van der Waals surface area contributed by atoms with E-state index in [1.807, 2.05) is 6.20 Å². The van der Waals surface area contributed by atoms with Crippen molar-refractivity contribution in [3.63, 3.8) is 0 Å². The van der Waals surface area contributed by atoms with Gasteiger partial charge in [0.1, 0.15) is 17.2 Å². The Labute approximate surface area is 200 Å². The molecule has 34 heavy (non-hydrogen) atoms. The number of halogens is 1. The molecule has 2 aliphatic rings. The van der Waals surface area contributed by atoms with Gasteiger partial charge in [-0.3, -0.25) is 14.3 Å². The van der Waals surface area contributed by atoms with Crippen LogP contribution in [0.25, 0.3) is 0 Å². The highest BCUT2D eigenvalue weighted by molar-refractivity contribution is 6.32. The molecule has 0 aliphatic carbocycles. The van der Waals surface area contributed by atoms with Gasteiger partial charge in [-0.05, 0) is 25.1 Å². The number of rotatable bonds is 1. The number of ether oxygens (including phenoxy) is 2. The van der Waals surface area contributed by atoms with Crippen LogP contribution in [0.2, 0.25) is 5.02 Å². The number of amides is 2. The Balaban J connectivity index is 1.41. The Bertz CT molecular complexity index is 1210. The molecule has 1 aromatic carbocycles. The molecular formula is C22H23ClN6O5. The predicted octanol–water partition coefficient (Wildman–Crippen LogP) is 1.85. The second-order valence-electron chi connectivity index (χ2n) is 8.22. The Morgan fingerprint density at radius 1 is 1.29 bits per heavy atom. The van der Waals surface area contributed by atoms with Crippen LogP contribution in [-0.2, 0) is 17.9 Å². The molecule has 178 valence electrons. The largest absolute Gasteiger partial charge is 0.492 e. The van der Waals surface area contributed by atoms with E-state index in [1.165, 1.54) is 6.39 Å². The lowest BCUT2D eigenvalue weighted by atomic mass is 10.1. The molecule has 12 heteroatoms. The van der Waals surface area contributed by atoms with Gasteiger partial charge in [-0.2, -0.15) is 0 Å². The Morgan fingerprint density at radius 2 is 2.18 bits per heavy atom. The van der Waals surface area contributed by atoms with E-state index in [2.05, 4.69) is 20.6 Å². The molecule has 3 aromatic rings. The number of nitrogens with one attached hydrogen (secondary N) is 1. The van der Waals surface area contributed by atoms with Gasteiger partial charge in [0, 0.05) is 31.6 Å². The topological polar surface area (TPSA) is 125 Å². The molecule has 2 atom stereocenters. The molecular weight excluding hydrogens is 464 g/mol. The highest BCUT2D eigenvalue weighted by atomic mass is 35.5. The third-order valence-electron chi connectivity index (χ3n) is 5.83. The second-order valence-corrected chi connectivity index (χ2v) is 8.62. The number of carbonyl (C=O) groups is 2. The number of hydrogen-bond donors (Lipinski definition) is 1. The fourth-order valence-corrected chi connectivity index (χ4v) is 4.20. The first-order chi connectivity index (χ1) is 16.5. The van der Waals surface area contributed by atoms with Crippen molar-refractivity contribution in [2.75, 3.05) is 19.7 Å². The van der Waals surface area contributed by atoms with Crippen LogP contribution in [0.15, 0.2) is 35.2 Å². The predicted molar refractivity (Wildman–Crippen MR) is 119 cm³/mol. The number of aromatic nitrogens is 4. The number of hydrogen-bond acceptors (Lipinski definition) is 8. The first-order valence-electron chi connectivity index (χ1n) is 10.9. The lowest BCUT2D eigenvalue weighted by molar-refractivity contribution is 0.0290. The molecule has 0 radical (unpaired) electrons. The van der Waals surface area contributed by atoms with Crippen molar-refractivity contribution in [1.29, 1.82) is 0 Å². The fourth-order valence-electron chi connectivity index (χ4n) is 4.03. The molecule has 2 aromatic heterocycles. The molecule has 1 saturated heterocycles. The maximum absolute atomic E-state index is 13.1. The van der Waals surface area contributed by atoms with Gasteiger partial charge in [-0.15, -0.1) is 5.10 Å². The van der Waals surface area contributed by atoms with E-state index in [4.69, 9.17) is 25.5 Å². The van der Waals surface area contributed by atoms with Gasteiger partial charge in [0.25, 0.3) is 11.8 Å². The van der Waals surface area contributed by atoms with Crippen LogP contribution in [0.3, 0.4) is 0 Å². The van der Waals surface area contributed by atoms with E-state index in [0.29, 0.717) is 47.4 Å². The van der Waals surface area contributed by atoms with E-state index < -0.39 is 12.1 Å². The zero-order chi connectivity index (χ0) is 23.7. The van der Waals surface area contributed by atoms with Gasteiger partial charge in [0.2, 0.25) is 0 Å². The van der Waals surface area contributed by atoms with Crippen LogP contribution in [0.5, 0.6) is 5.75 Å². The summed E-state index contributed by atoms with van der Waals surface area (Å²) in [6, 6.07) is 4.43. The van der Waals surface area contributed by atoms with Crippen LogP contribution >= 0.6 is 11.6 Å². The summed E-state index contributed by atoms with van der Waals surface area (Å²) in [5, 5.41) is 11.7. The molecule has 2 aliphatic heterocycles. The van der Waals surface area contributed by atoms with Gasteiger partial charge in [-0.25, -0.2) is 4.98 Å². The number of carbonyl (C=O) groups excluding carboxylic acids is 2. The minimum absolute atomic E-state index is 0.198. The highest BCUT2D eigenvalue weighted by Gasteiger charge is 2.38. The first-order valence-corrected chi connectivity index (χ1v) is 11.3.